The van der Waals surface area contributed by atoms with E-state index >= 15 is 0 Å². The van der Waals surface area contributed by atoms with Gasteiger partial charge in [0.05, 0.1) is 5.69 Å². The zero-order valence-corrected chi connectivity index (χ0v) is 22.9. The molecule has 2 N–H and O–H groups in total. The third kappa shape index (κ3) is 8.09. The van der Waals surface area contributed by atoms with Gasteiger partial charge < -0.3 is 10.6 Å². The van der Waals surface area contributed by atoms with Gasteiger partial charge >= 0.3 is 0 Å². The quantitative estimate of drug-likeness (QED) is 0.211. The van der Waals surface area contributed by atoms with E-state index in [-0.39, 0.29) is 0 Å². The van der Waals surface area contributed by atoms with Crippen LogP contribution in [-0.2, 0) is 32.2 Å². The fourth-order valence-corrected chi connectivity index (χ4v) is 4.96. The van der Waals surface area contributed by atoms with Crippen molar-refractivity contribution >= 4 is 11.4 Å². The summed E-state index contributed by atoms with van der Waals surface area (Å²) in [6.45, 7) is 14.0. The van der Waals surface area contributed by atoms with Crippen LogP contribution in [-0.4, -0.2) is 36.1 Å². The summed E-state index contributed by atoms with van der Waals surface area (Å²) in [5.41, 5.74) is 9.53. The number of nitrogens with zero attached hydrogens (tertiary/aromatic N) is 2. The van der Waals surface area contributed by atoms with E-state index in [1.54, 1.807) is 0 Å². The maximum Gasteiger partial charge on any atom is 0.0543 e. The molecule has 0 unspecified atom stereocenters. The normalized spacial score (nSPS) is 11.1. The van der Waals surface area contributed by atoms with E-state index in [0.717, 1.165) is 76.9 Å². The highest BCUT2D eigenvalue weighted by atomic mass is 15.1. The summed E-state index contributed by atoms with van der Waals surface area (Å²) in [6.07, 6.45) is 8.39. The highest BCUT2D eigenvalue weighted by molar-refractivity contribution is 5.58. The SMILES string of the molecule is CCc1cccc(CC)c1NCCCN(CCCNc1c(CC)cccc1CC)Cc1ccccn1. The predicted octanol–water partition coefficient (Wildman–Crippen LogP) is 7.14. The minimum atomic E-state index is 0.901. The average Bonchev–Trinajstić information content (AvgIpc) is 2.93. The van der Waals surface area contributed by atoms with Gasteiger partial charge in [-0.2, -0.15) is 0 Å². The molecule has 0 aliphatic carbocycles. The molecule has 4 nitrogen and oxygen atoms in total. The van der Waals surface area contributed by atoms with Gasteiger partial charge in [-0.3, -0.25) is 9.88 Å². The van der Waals surface area contributed by atoms with Crippen molar-refractivity contribution in [1.82, 2.24) is 9.88 Å². The molecule has 3 aromatic rings. The summed E-state index contributed by atoms with van der Waals surface area (Å²) in [7, 11) is 0. The topological polar surface area (TPSA) is 40.2 Å². The van der Waals surface area contributed by atoms with Crippen LogP contribution in [0.25, 0.3) is 0 Å². The second-order valence-electron chi connectivity index (χ2n) is 9.47. The number of hydrogen-bond acceptors (Lipinski definition) is 4. The number of pyridine rings is 1. The van der Waals surface area contributed by atoms with Crippen molar-refractivity contribution in [3.63, 3.8) is 0 Å². The third-order valence-corrected chi connectivity index (χ3v) is 7.02. The lowest BCUT2D eigenvalue weighted by molar-refractivity contribution is 0.260. The van der Waals surface area contributed by atoms with Gasteiger partial charge in [-0.05, 0) is 72.9 Å². The van der Waals surface area contributed by atoms with Crippen LogP contribution in [0.15, 0.2) is 60.8 Å². The molecule has 1 heterocycles. The van der Waals surface area contributed by atoms with E-state index < -0.39 is 0 Å². The van der Waals surface area contributed by atoms with Crippen LogP contribution in [0, 0.1) is 0 Å². The Morgan fingerprint density at radius 1 is 0.611 bits per heavy atom. The summed E-state index contributed by atoms with van der Waals surface area (Å²) in [5.74, 6) is 0. The molecule has 194 valence electrons. The van der Waals surface area contributed by atoms with E-state index in [4.69, 9.17) is 0 Å². The van der Waals surface area contributed by atoms with Crippen molar-refractivity contribution < 1.29 is 0 Å². The lowest BCUT2D eigenvalue weighted by Crippen LogP contribution is -2.28. The summed E-state index contributed by atoms with van der Waals surface area (Å²) in [6, 6.07) is 19.6. The van der Waals surface area contributed by atoms with Crippen LogP contribution in [0.4, 0.5) is 11.4 Å². The zero-order chi connectivity index (χ0) is 25.6. The van der Waals surface area contributed by atoms with Crippen LogP contribution in [0.5, 0.6) is 0 Å². The maximum atomic E-state index is 4.59. The maximum absolute atomic E-state index is 4.59. The van der Waals surface area contributed by atoms with Crippen LogP contribution in [0.2, 0.25) is 0 Å². The lowest BCUT2D eigenvalue weighted by Gasteiger charge is -2.23. The van der Waals surface area contributed by atoms with E-state index in [9.17, 15) is 0 Å². The van der Waals surface area contributed by atoms with Crippen LogP contribution in [0.3, 0.4) is 0 Å². The molecule has 1 aromatic heterocycles. The Kier molecular flexibility index (Phi) is 11.8. The Morgan fingerprint density at radius 2 is 1.08 bits per heavy atom. The summed E-state index contributed by atoms with van der Waals surface area (Å²) < 4.78 is 0. The molecule has 0 fully saturated rings. The molecular weight excluding hydrogens is 440 g/mol. The highest BCUT2D eigenvalue weighted by Crippen LogP contribution is 2.23. The number of benzene rings is 2. The fraction of sp³-hybridized carbons (Fsp3) is 0.469. The number of hydrogen-bond donors (Lipinski definition) is 2. The van der Waals surface area contributed by atoms with Crippen molar-refractivity contribution in [2.75, 3.05) is 36.8 Å². The third-order valence-electron chi connectivity index (χ3n) is 7.02. The smallest absolute Gasteiger partial charge is 0.0543 e. The Balaban J connectivity index is 1.55. The molecule has 2 aromatic carbocycles. The number of aromatic nitrogens is 1. The Bertz CT molecular complexity index is 924. The fourth-order valence-electron chi connectivity index (χ4n) is 4.96. The molecule has 3 rings (SSSR count). The van der Waals surface area contributed by atoms with Gasteiger partial charge in [-0.25, -0.2) is 0 Å². The van der Waals surface area contributed by atoms with E-state index in [1.165, 1.54) is 33.6 Å². The summed E-state index contributed by atoms with van der Waals surface area (Å²) in [4.78, 5) is 7.15. The molecule has 0 aliphatic rings. The molecule has 0 spiro atoms. The number of rotatable bonds is 16. The van der Waals surface area contributed by atoms with Gasteiger partial charge in [0, 0.05) is 50.3 Å². The number of para-hydroxylation sites is 2. The lowest BCUT2D eigenvalue weighted by atomic mass is 10.0. The van der Waals surface area contributed by atoms with Gasteiger partial charge in [-0.15, -0.1) is 0 Å². The second-order valence-corrected chi connectivity index (χ2v) is 9.47. The molecule has 0 bridgehead atoms. The van der Waals surface area contributed by atoms with Crippen molar-refractivity contribution in [1.29, 1.82) is 0 Å². The van der Waals surface area contributed by atoms with Crippen LogP contribution in [0.1, 0.15) is 68.5 Å². The van der Waals surface area contributed by atoms with Crippen molar-refractivity contribution in [2.45, 2.75) is 72.8 Å². The minimum absolute atomic E-state index is 0.901. The second kappa shape index (κ2) is 15.3. The van der Waals surface area contributed by atoms with Crippen LogP contribution < -0.4 is 10.6 Å². The number of aryl methyl sites for hydroxylation is 4. The van der Waals surface area contributed by atoms with E-state index in [1.807, 2.05) is 12.3 Å². The van der Waals surface area contributed by atoms with Gasteiger partial charge in [0.1, 0.15) is 0 Å². The van der Waals surface area contributed by atoms with Gasteiger partial charge in [-0.1, -0.05) is 70.2 Å². The molecule has 4 heteroatoms. The van der Waals surface area contributed by atoms with Gasteiger partial charge in [0.25, 0.3) is 0 Å². The number of nitrogens with one attached hydrogen (secondary N) is 2. The molecule has 0 aliphatic heterocycles. The standard InChI is InChI=1S/C32H46N4/c1-5-26-15-11-16-27(6-2)31(26)34-21-13-23-36(25-30-19-9-10-20-33-30)24-14-22-35-32-28(7-3)17-12-18-29(32)8-4/h9-12,15-20,34-35H,5-8,13-14,21-25H2,1-4H3. The average molecular weight is 487 g/mol. The van der Waals surface area contributed by atoms with E-state index in [2.05, 4.69) is 96.7 Å². The van der Waals surface area contributed by atoms with E-state index in [0.29, 0.717) is 0 Å². The molecular formula is C32H46N4. The first-order valence-corrected chi connectivity index (χ1v) is 14.0. The Labute approximate surface area is 219 Å². The van der Waals surface area contributed by atoms with Crippen molar-refractivity contribution in [3.8, 4) is 0 Å². The molecule has 0 radical (unpaired) electrons. The number of anilines is 2. The molecule has 36 heavy (non-hydrogen) atoms. The highest BCUT2D eigenvalue weighted by Gasteiger charge is 2.10. The first-order valence-electron chi connectivity index (χ1n) is 14.0. The molecule has 0 saturated carbocycles. The minimum Gasteiger partial charge on any atom is -0.385 e. The summed E-state index contributed by atoms with van der Waals surface area (Å²) in [5, 5.41) is 7.52. The Morgan fingerprint density at radius 3 is 1.47 bits per heavy atom. The monoisotopic (exact) mass is 486 g/mol. The van der Waals surface area contributed by atoms with Crippen LogP contribution >= 0.6 is 0 Å². The molecule has 0 amide bonds. The van der Waals surface area contributed by atoms with Gasteiger partial charge in [0.15, 0.2) is 0 Å². The molecule has 0 saturated heterocycles. The zero-order valence-electron chi connectivity index (χ0n) is 22.9. The first kappa shape index (κ1) is 27.7. The van der Waals surface area contributed by atoms with Gasteiger partial charge in [0.2, 0.25) is 0 Å². The summed E-state index contributed by atoms with van der Waals surface area (Å²) >= 11 is 0. The first-order chi connectivity index (χ1) is 17.7. The Hall–Kier alpha value is -2.85. The molecule has 0 atom stereocenters. The van der Waals surface area contributed by atoms with Crippen molar-refractivity contribution in [2.24, 2.45) is 0 Å². The largest absolute Gasteiger partial charge is 0.385 e. The predicted molar refractivity (Wildman–Crippen MR) is 156 cm³/mol. The van der Waals surface area contributed by atoms with Crippen molar-refractivity contribution in [3.05, 3.63) is 88.7 Å².